The molecule has 0 spiro atoms. The second kappa shape index (κ2) is 3.62. The maximum atomic E-state index is 5.86. The van der Waals surface area contributed by atoms with Crippen LogP contribution < -0.4 is 0 Å². The summed E-state index contributed by atoms with van der Waals surface area (Å²) in [4.78, 5) is 0. The van der Waals surface area contributed by atoms with E-state index in [0.717, 1.165) is 17.9 Å². The van der Waals surface area contributed by atoms with Crippen LogP contribution in [0.15, 0.2) is 34.9 Å². The van der Waals surface area contributed by atoms with Crippen LogP contribution in [0, 0.1) is 0 Å². The summed E-state index contributed by atoms with van der Waals surface area (Å²) < 4.78 is 0. The van der Waals surface area contributed by atoms with Crippen LogP contribution >= 0.6 is 11.6 Å². The molecule has 0 fully saturated rings. The third-order valence-corrected chi connectivity index (χ3v) is 1.83. The van der Waals surface area contributed by atoms with Gasteiger partial charge in [-0.15, -0.1) is 0 Å². The molecule has 0 saturated heterocycles. The van der Waals surface area contributed by atoms with Crippen LogP contribution in [-0.2, 0) is 0 Å². The molecule has 0 bridgehead atoms. The fraction of sp³-hybridized carbons (Fsp3) is 0.333. The van der Waals surface area contributed by atoms with Gasteiger partial charge in [0, 0.05) is 11.5 Å². The molecule has 0 heterocycles. The molecule has 0 saturated carbocycles. The van der Waals surface area contributed by atoms with Crippen molar-refractivity contribution >= 4 is 11.6 Å². The average Bonchev–Trinajstić information content (AvgIpc) is 2.13. The van der Waals surface area contributed by atoms with Crippen molar-refractivity contribution in [2.75, 3.05) is 0 Å². The first kappa shape index (κ1) is 7.62. The molecule has 0 aromatic rings. The Morgan fingerprint density at radius 2 is 2.10 bits per heavy atom. The number of hydrogen-bond acceptors (Lipinski definition) is 0. The third kappa shape index (κ3) is 2.03. The summed E-state index contributed by atoms with van der Waals surface area (Å²) in [5.74, 6) is 0. The molecule has 0 amide bonds. The zero-order chi connectivity index (χ0) is 7.40. The molecule has 0 aromatic heterocycles. The third-order valence-electron chi connectivity index (χ3n) is 1.57. The van der Waals surface area contributed by atoms with Gasteiger partial charge in [0.15, 0.2) is 0 Å². The van der Waals surface area contributed by atoms with Gasteiger partial charge in [-0.25, -0.2) is 0 Å². The van der Waals surface area contributed by atoms with E-state index < -0.39 is 0 Å². The van der Waals surface area contributed by atoms with Crippen LogP contribution in [0.5, 0.6) is 0 Å². The van der Waals surface area contributed by atoms with Crippen LogP contribution in [0.4, 0.5) is 0 Å². The van der Waals surface area contributed by atoms with E-state index in [1.54, 1.807) is 0 Å². The van der Waals surface area contributed by atoms with Crippen LogP contribution in [0.3, 0.4) is 0 Å². The summed E-state index contributed by atoms with van der Waals surface area (Å²) in [6, 6.07) is 0. The quantitative estimate of drug-likeness (QED) is 0.543. The molecule has 0 aromatic carbocycles. The first-order valence-corrected chi connectivity index (χ1v) is 3.91. The van der Waals surface area contributed by atoms with Gasteiger partial charge in [-0.05, 0) is 12.5 Å². The summed E-state index contributed by atoms with van der Waals surface area (Å²) in [6.07, 6.45) is 10.1. The molecular weight excluding hydrogens is 144 g/mol. The van der Waals surface area contributed by atoms with E-state index >= 15 is 0 Å². The normalized spacial score (nSPS) is 17.8. The molecule has 1 rings (SSSR count). The second-order valence-electron chi connectivity index (χ2n) is 2.35. The zero-order valence-corrected chi connectivity index (χ0v) is 6.86. The van der Waals surface area contributed by atoms with E-state index in [0.29, 0.717) is 0 Å². The van der Waals surface area contributed by atoms with Gasteiger partial charge in [0.25, 0.3) is 0 Å². The van der Waals surface area contributed by atoms with E-state index in [1.165, 1.54) is 5.57 Å². The lowest BCUT2D eigenvalue weighted by molar-refractivity contribution is 1.03. The van der Waals surface area contributed by atoms with Crippen molar-refractivity contribution in [1.82, 2.24) is 0 Å². The van der Waals surface area contributed by atoms with Crippen molar-refractivity contribution in [2.24, 2.45) is 0 Å². The molecule has 0 unspecified atom stereocenters. The van der Waals surface area contributed by atoms with Crippen molar-refractivity contribution in [3.05, 3.63) is 34.9 Å². The van der Waals surface area contributed by atoms with Gasteiger partial charge < -0.3 is 0 Å². The van der Waals surface area contributed by atoms with Crippen molar-refractivity contribution in [3.63, 3.8) is 0 Å². The molecule has 54 valence electrons. The van der Waals surface area contributed by atoms with E-state index in [9.17, 15) is 0 Å². The topological polar surface area (TPSA) is 0 Å². The summed E-state index contributed by atoms with van der Waals surface area (Å²) in [5.41, 5.74) is 1.40. The van der Waals surface area contributed by atoms with Crippen LogP contribution in [0.25, 0.3) is 0 Å². The van der Waals surface area contributed by atoms with Crippen LogP contribution in [-0.4, -0.2) is 0 Å². The fourth-order valence-corrected chi connectivity index (χ4v) is 1.17. The molecule has 0 aliphatic heterocycles. The SMILES string of the molecule is CCC1=CC=CC=C(Cl)C1. The highest BCUT2D eigenvalue weighted by Crippen LogP contribution is 2.19. The molecule has 1 heteroatoms. The van der Waals surface area contributed by atoms with Gasteiger partial charge >= 0.3 is 0 Å². The Morgan fingerprint density at radius 1 is 1.40 bits per heavy atom. The molecule has 10 heavy (non-hydrogen) atoms. The molecular formula is C9H11Cl. The van der Waals surface area contributed by atoms with Crippen LogP contribution in [0.2, 0.25) is 0 Å². The van der Waals surface area contributed by atoms with Crippen molar-refractivity contribution in [1.29, 1.82) is 0 Å². The predicted molar refractivity (Wildman–Crippen MR) is 46.1 cm³/mol. The van der Waals surface area contributed by atoms with Crippen LogP contribution in [0.1, 0.15) is 19.8 Å². The van der Waals surface area contributed by atoms with Gasteiger partial charge in [-0.1, -0.05) is 42.3 Å². The lowest BCUT2D eigenvalue weighted by Crippen LogP contribution is -1.78. The van der Waals surface area contributed by atoms with Gasteiger partial charge in [-0.3, -0.25) is 0 Å². The highest BCUT2D eigenvalue weighted by atomic mass is 35.5. The molecule has 1 aliphatic carbocycles. The van der Waals surface area contributed by atoms with Gasteiger partial charge in [-0.2, -0.15) is 0 Å². The lowest BCUT2D eigenvalue weighted by atomic mass is 10.1. The maximum absolute atomic E-state index is 5.86. The number of hydrogen-bond donors (Lipinski definition) is 0. The Kier molecular flexibility index (Phi) is 2.76. The minimum atomic E-state index is 0.922. The molecule has 1 aliphatic rings. The number of halogens is 1. The van der Waals surface area contributed by atoms with Gasteiger partial charge in [0.1, 0.15) is 0 Å². The van der Waals surface area contributed by atoms with Crippen molar-refractivity contribution in [2.45, 2.75) is 19.8 Å². The Balaban J connectivity index is 2.72. The zero-order valence-electron chi connectivity index (χ0n) is 6.10. The first-order valence-electron chi connectivity index (χ1n) is 3.53. The minimum Gasteiger partial charge on any atom is -0.0888 e. The molecule has 0 radical (unpaired) electrons. The Hall–Kier alpha value is -0.490. The fourth-order valence-electron chi connectivity index (χ4n) is 0.929. The van der Waals surface area contributed by atoms with Gasteiger partial charge in [0.05, 0.1) is 0 Å². The minimum absolute atomic E-state index is 0.922. The average molecular weight is 155 g/mol. The Morgan fingerprint density at radius 3 is 2.80 bits per heavy atom. The summed E-state index contributed by atoms with van der Waals surface area (Å²) in [5, 5.41) is 0.932. The second-order valence-corrected chi connectivity index (χ2v) is 2.84. The largest absolute Gasteiger partial charge is 0.0888 e. The predicted octanol–water partition coefficient (Wildman–Crippen LogP) is 3.41. The Labute approximate surface area is 66.9 Å². The maximum Gasteiger partial charge on any atom is 0.0221 e. The van der Waals surface area contributed by atoms with E-state index in [4.69, 9.17) is 11.6 Å². The number of rotatable bonds is 1. The van der Waals surface area contributed by atoms with E-state index in [2.05, 4.69) is 13.0 Å². The van der Waals surface area contributed by atoms with Gasteiger partial charge in [0.2, 0.25) is 0 Å². The van der Waals surface area contributed by atoms with E-state index in [-0.39, 0.29) is 0 Å². The first-order chi connectivity index (χ1) is 4.83. The van der Waals surface area contributed by atoms with Crippen molar-refractivity contribution < 1.29 is 0 Å². The monoisotopic (exact) mass is 154 g/mol. The smallest absolute Gasteiger partial charge is 0.0221 e. The molecule has 0 N–H and O–H groups in total. The standard InChI is InChI=1S/C9H11Cl/c1-2-8-5-3-4-6-9(10)7-8/h3-6H,2,7H2,1H3. The molecule has 0 atom stereocenters. The number of allylic oxidation sites excluding steroid dienone is 6. The Bertz CT molecular complexity index is 197. The molecule has 0 nitrogen and oxygen atoms in total. The highest BCUT2D eigenvalue weighted by Gasteiger charge is 1.97. The summed E-state index contributed by atoms with van der Waals surface area (Å²) >= 11 is 5.86. The summed E-state index contributed by atoms with van der Waals surface area (Å²) in [7, 11) is 0. The lowest BCUT2D eigenvalue weighted by Gasteiger charge is -1.98. The van der Waals surface area contributed by atoms with Crippen molar-refractivity contribution in [3.8, 4) is 0 Å². The highest BCUT2D eigenvalue weighted by molar-refractivity contribution is 6.29. The van der Waals surface area contributed by atoms with E-state index in [1.807, 2.05) is 18.2 Å². The summed E-state index contributed by atoms with van der Waals surface area (Å²) in [6.45, 7) is 2.15.